The molecule has 0 aliphatic heterocycles. The van der Waals surface area contributed by atoms with Crippen molar-refractivity contribution in [2.24, 2.45) is 0 Å². The van der Waals surface area contributed by atoms with Crippen LogP contribution in [0.4, 0.5) is 0 Å². The number of aryl methyl sites for hydroxylation is 1. The molecule has 0 unspecified atom stereocenters. The highest BCUT2D eigenvalue weighted by Crippen LogP contribution is 2.24. The number of rotatable bonds is 9. The van der Waals surface area contributed by atoms with Crippen molar-refractivity contribution in [2.45, 2.75) is 45.6 Å². The number of carbonyl (C=O) groups is 1. The van der Waals surface area contributed by atoms with Gasteiger partial charge in [0.2, 0.25) is 5.91 Å². The fourth-order valence-corrected chi connectivity index (χ4v) is 3.69. The van der Waals surface area contributed by atoms with Gasteiger partial charge in [0.15, 0.2) is 0 Å². The quantitative estimate of drug-likeness (QED) is 0.435. The molecule has 1 N–H and O–H groups in total. The van der Waals surface area contributed by atoms with Crippen molar-refractivity contribution in [1.82, 2.24) is 5.32 Å². The highest BCUT2D eigenvalue weighted by Gasteiger charge is 2.16. The van der Waals surface area contributed by atoms with Gasteiger partial charge in [-0.2, -0.15) is 0 Å². The molecule has 3 nitrogen and oxygen atoms in total. The number of amides is 1. The molecular formula is C27H31NO2. The average molecular weight is 402 g/mol. The molecule has 1 amide bonds. The van der Waals surface area contributed by atoms with E-state index in [0.29, 0.717) is 25.4 Å². The summed E-state index contributed by atoms with van der Waals surface area (Å²) >= 11 is 0. The van der Waals surface area contributed by atoms with Crippen LogP contribution in [0.3, 0.4) is 0 Å². The first kappa shape index (κ1) is 21.6. The fraction of sp³-hybridized carbons (Fsp3) is 0.296. The number of nitrogens with one attached hydrogen (secondary N) is 1. The Kier molecular flexibility index (Phi) is 7.67. The molecule has 0 saturated carbocycles. The minimum Gasteiger partial charge on any atom is -0.494 e. The highest BCUT2D eigenvalue weighted by molar-refractivity contribution is 5.77. The lowest BCUT2D eigenvalue weighted by atomic mass is 9.98. The van der Waals surface area contributed by atoms with Gasteiger partial charge in [0.1, 0.15) is 5.75 Å². The maximum Gasteiger partial charge on any atom is 0.220 e. The molecule has 0 bridgehead atoms. The third-order valence-electron chi connectivity index (χ3n) is 5.25. The van der Waals surface area contributed by atoms with Crippen LogP contribution in [0.15, 0.2) is 78.9 Å². The molecule has 30 heavy (non-hydrogen) atoms. The number of ether oxygens (including phenoxy) is 1. The number of hydrogen-bond donors (Lipinski definition) is 1. The average Bonchev–Trinajstić information content (AvgIpc) is 2.76. The minimum absolute atomic E-state index is 0.0302. The molecular weight excluding hydrogens is 370 g/mol. The van der Waals surface area contributed by atoms with Gasteiger partial charge >= 0.3 is 0 Å². The molecule has 0 aliphatic rings. The van der Waals surface area contributed by atoms with Crippen LogP contribution in [-0.4, -0.2) is 12.5 Å². The summed E-state index contributed by atoms with van der Waals surface area (Å²) in [6.07, 6.45) is 1.10. The van der Waals surface area contributed by atoms with Crippen molar-refractivity contribution >= 4 is 5.91 Å². The molecule has 3 heteroatoms. The Balaban J connectivity index is 1.53. The normalized spacial score (nSPS) is 11.0. The largest absolute Gasteiger partial charge is 0.494 e. The zero-order valence-electron chi connectivity index (χ0n) is 18.1. The van der Waals surface area contributed by atoms with Crippen molar-refractivity contribution in [3.05, 3.63) is 101 Å². The van der Waals surface area contributed by atoms with Crippen molar-refractivity contribution in [3.8, 4) is 5.75 Å². The van der Waals surface area contributed by atoms with E-state index in [4.69, 9.17) is 4.74 Å². The fourth-order valence-electron chi connectivity index (χ4n) is 3.69. The molecule has 156 valence electrons. The van der Waals surface area contributed by atoms with Gasteiger partial charge in [0.25, 0.3) is 0 Å². The smallest absolute Gasteiger partial charge is 0.220 e. The van der Waals surface area contributed by atoms with Gasteiger partial charge in [0, 0.05) is 6.42 Å². The second kappa shape index (κ2) is 10.6. The maximum absolute atomic E-state index is 12.6. The summed E-state index contributed by atoms with van der Waals surface area (Å²) in [6.45, 7) is 7.03. The van der Waals surface area contributed by atoms with Crippen LogP contribution in [0, 0.1) is 6.92 Å². The summed E-state index contributed by atoms with van der Waals surface area (Å²) in [5.41, 5.74) is 4.74. The first-order chi connectivity index (χ1) is 14.5. The third kappa shape index (κ3) is 5.96. The van der Waals surface area contributed by atoms with Crippen LogP contribution in [0.25, 0.3) is 0 Å². The summed E-state index contributed by atoms with van der Waals surface area (Å²) in [6, 6.07) is 26.2. The monoisotopic (exact) mass is 401 g/mol. The molecule has 0 radical (unpaired) electrons. The van der Waals surface area contributed by atoms with Crippen molar-refractivity contribution in [3.63, 3.8) is 0 Å². The van der Waals surface area contributed by atoms with Gasteiger partial charge in [0.05, 0.1) is 12.6 Å². The van der Waals surface area contributed by atoms with Gasteiger partial charge in [-0.1, -0.05) is 80.6 Å². The number of carbonyl (C=O) groups excluding carboxylic acids is 1. The van der Waals surface area contributed by atoms with E-state index in [1.807, 2.05) is 66.7 Å². The van der Waals surface area contributed by atoms with E-state index in [1.165, 1.54) is 11.1 Å². The predicted octanol–water partition coefficient (Wildman–Crippen LogP) is 6.18. The molecule has 3 aromatic rings. The van der Waals surface area contributed by atoms with Gasteiger partial charge < -0.3 is 10.1 Å². The maximum atomic E-state index is 12.6. The first-order valence-corrected chi connectivity index (χ1v) is 10.7. The summed E-state index contributed by atoms with van der Waals surface area (Å²) in [5, 5.41) is 3.18. The molecule has 0 aromatic heterocycles. The Bertz CT molecular complexity index is 896. The van der Waals surface area contributed by atoms with Crippen LogP contribution in [0.5, 0.6) is 5.75 Å². The van der Waals surface area contributed by atoms with Crippen LogP contribution >= 0.6 is 0 Å². The molecule has 0 heterocycles. The Labute approximate surface area is 180 Å². The molecule has 3 rings (SSSR count). The van der Waals surface area contributed by atoms with Gasteiger partial charge in [-0.15, -0.1) is 0 Å². The lowest BCUT2D eigenvalue weighted by Crippen LogP contribution is -2.29. The molecule has 3 aromatic carbocycles. The van der Waals surface area contributed by atoms with Crippen LogP contribution in [0.2, 0.25) is 0 Å². The number of benzene rings is 3. The van der Waals surface area contributed by atoms with Crippen molar-refractivity contribution in [1.29, 1.82) is 0 Å². The Hall–Kier alpha value is -3.07. The van der Waals surface area contributed by atoms with Gasteiger partial charge in [-0.05, 0) is 53.6 Å². The van der Waals surface area contributed by atoms with E-state index < -0.39 is 0 Å². The standard InChI is InChI=1S/C27H31NO2/c1-20(2)25-17-16-24(19-21(25)3)30-18-10-15-26(29)28-27(22-11-6-4-7-12-22)23-13-8-5-9-14-23/h4-9,11-14,16-17,19-20,27H,10,15,18H2,1-3H3,(H,28,29). The lowest BCUT2D eigenvalue weighted by molar-refractivity contribution is -0.121. The van der Waals surface area contributed by atoms with E-state index in [2.05, 4.69) is 38.2 Å². The Morgan fingerprint density at radius 1 is 0.900 bits per heavy atom. The SMILES string of the molecule is Cc1cc(OCCCC(=O)NC(c2ccccc2)c2ccccc2)ccc1C(C)C. The van der Waals surface area contributed by atoms with Crippen molar-refractivity contribution in [2.75, 3.05) is 6.61 Å². The van der Waals surface area contributed by atoms with Crippen LogP contribution < -0.4 is 10.1 Å². The first-order valence-electron chi connectivity index (χ1n) is 10.7. The zero-order chi connectivity index (χ0) is 21.3. The molecule has 0 saturated heterocycles. The lowest BCUT2D eigenvalue weighted by Gasteiger charge is -2.20. The summed E-state index contributed by atoms with van der Waals surface area (Å²) < 4.78 is 5.87. The molecule has 0 spiro atoms. The molecule has 0 atom stereocenters. The van der Waals surface area contributed by atoms with E-state index in [0.717, 1.165) is 16.9 Å². The van der Waals surface area contributed by atoms with Crippen LogP contribution in [0.1, 0.15) is 60.9 Å². The summed E-state index contributed by atoms with van der Waals surface area (Å²) in [7, 11) is 0. The predicted molar refractivity (Wildman–Crippen MR) is 123 cm³/mol. The van der Waals surface area contributed by atoms with E-state index in [1.54, 1.807) is 0 Å². The topological polar surface area (TPSA) is 38.3 Å². The van der Waals surface area contributed by atoms with E-state index in [-0.39, 0.29) is 11.9 Å². The van der Waals surface area contributed by atoms with E-state index >= 15 is 0 Å². The Morgan fingerprint density at radius 2 is 1.50 bits per heavy atom. The highest BCUT2D eigenvalue weighted by atomic mass is 16.5. The van der Waals surface area contributed by atoms with Gasteiger partial charge in [-0.3, -0.25) is 4.79 Å². The van der Waals surface area contributed by atoms with E-state index in [9.17, 15) is 4.79 Å². The molecule has 0 fully saturated rings. The second-order valence-electron chi connectivity index (χ2n) is 7.95. The minimum atomic E-state index is -0.146. The Morgan fingerprint density at radius 3 is 2.03 bits per heavy atom. The summed E-state index contributed by atoms with van der Waals surface area (Å²) in [5.74, 6) is 1.40. The molecule has 0 aliphatic carbocycles. The summed E-state index contributed by atoms with van der Waals surface area (Å²) in [4.78, 5) is 12.6. The van der Waals surface area contributed by atoms with Gasteiger partial charge in [-0.25, -0.2) is 0 Å². The third-order valence-corrected chi connectivity index (χ3v) is 5.25. The number of hydrogen-bond acceptors (Lipinski definition) is 2. The van der Waals surface area contributed by atoms with Crippen molar-refractivity contribution < 1.29 is 9.53 Å². The second-order valence-corrected chi connectivity index (χ2v) is 7.95. The zero-order valence-corrected chi connectivity index (χ0v) is 18.1. The van der Waals surface area contributed by atoms with Crippen LogP contribution in [-0.2, 0) is 4.79 Å².